The Morgan fingerprint density at radius 1 is 1.47 bits per heavy atom. The van der Waals surface area contributed by atoms with E-state index in [-0.39, 0.29) is 15.6 Å². The highest BCUT2D eigenvalue weighted by Crippen LogP contribution is 2.41. The van der Waals surface area contributed by atoms with E-state index >= 15 is 0 Å². The van der Waals surface area contributed by atoms with Crippen LogP contribution < -0.4 is 0 Å². The van der Waals surface area contributed by atoms with E-state index in [4.69, 9.17) is 0 Å². The molecule has 0 bridgehead atoms. The van der Waals surface area contributed by atoms with E-state index in [0.717, 1.165) is 25.7 Å². The highest BCUT2D eigenvalue weighted by molar-refractivity contribution is 9.12. The van der Waals surface area contributed by atoms with Crippen molar-refractivity contribution in [3.63, 3.8) is 0 Å². The number of hydrogen-bond acceptors (Lipinski definition) is 3. The topological polar surface area (TPSA) is 43.4 Å². The minimum absolute atomic E-state index is 0.151. The van der Waals surface area contributed by atoms with Crippen molar-refractivity contribution in [2.45, 2.75) is 55.1 Å². The molecule has 1 rings (SSSR count). The predicted octanol–water partition coefficient (Wildman–Crippen LogP) is 4.13. The molecule has 1 aliphatic rings. The summed E-state index contributed by atoms with van der Waals surface area (Å²) >= 11 is 7.28. The number of hydrogen-bond donors (Lipinski definition) is 0. The molecule has 108 valence electrons. The van der Waals surface area contributed by atoms with E-state index in [1.165, 1.54) is 0 Å². The van der Waals surface area contributed by atoms with Crippen LogP contribution in [0.1, 0.15) is 46.0 Å². The van der Waals surface area contributed by atoms with Gasteiger partial charge < -0.3 is 4.74 Å². The zero-order valence-corrected chi connectivity index (χ0v) is 14.5. The second-order valence-electron chi connectivity index (χ2n) is 4.83. The molecule has 3 unspecified atom stereocenters. The van der Waals surface area contributed by atoms with Crippen molar-refractivity contribution in [2.75, 3.05) is 0 Å². The Morgan fingerprint density at radius 3 is 2.63 bits per heavy atom. The van der Waals surface area contributed by atoms with Gasteiger partial charge in [0.1, 0.15) is 0 Å². The van der Waals surface area contributed by atoms with Gasteiger partial charge in [0.2, 0.25) is 0 Å². The number of unbranched alkanes of at least 4 members (excludes halogenated alkanes) is 2. The molecule has 0 aromatic carbocycles. The summed E-state index contributed by atoms with van der Waals surface area (Å²) in [5.41, 5.74) is 0. The molecule has 0 radical (unpaired) electrons. The fourth-order valence-corrected chi connectivity index (χ4v) is 3.44. The van der Waals surface area contributed by atoms with Crippen LogP contribution in [0.3, 0.4) is 0 Å². The number of carbonyl (C=O) groups is 2. The van der Waals surface area contributed by atoms with Gasteiger partial charge in [-0.25, -0.2) is 0 Å². The molecular weight excluding hydrogens is 376 g/mol. The van der Waals surface area contributed by atoms with Crippen molar-refractivity contribution in [1.29, 1.82) is 0 Å². The SMILES string of the molecule is CCCCC=CC(Br)(CC)C(Br)C1CC(=O)OC1=O. The lowest BCUT2D eigenvalue weighted by Crippen LogP contribution is -2.37. The Balaban J connectivity index is 2.74. The lowest BCUT2D eigenvalue weighted by atomic mass is 9.90. The van der Waals surface area contributed by atoms with Gasteiger partial charge in [-0.05, 0) is 12.8 Å². The van der Waals surface area contributed by atoms with Crippen LogP contribution in [-0.4, -0.2) is 21.1 Å². The number of carbonyl (C=O) groups excluding carboxylic acids is 2. The second kappa shape index (κ2) is 7.58. The average Bonchev–Trinajstić information content (AvgIpc) is 2.72. The third kappa shape index (κ3) is 4.42. The summed E-state index contributed by atoms with van der Waals surface area (Å²) in [5.74, 6) is -1.27. The van der Waals surface area contributed by atoms with E-state index in [1.807, 2.05) is 0 Å². The first-order chi connectivity index (χ1) is 8.94. The number of rotatable bonds is 7. The van der Waals surface area contributed by atoms with E-state index in [0.29, 0.717) is 0 Å². The van der Waals surface area contributed by atoms with Gasteiger partial charge in [0.05, 0.1) is 16.7 Å². The van der Waals surface area contributed by atoms with E-state index < -0.39 is 17.9 Å². The highest BCUT2D eigenvalue weighted by Gasteiger charge is 2.45. The van der Waals surface area contributed by atoms with Gasteiger partial charge in [-0.15, -0.1) is 0 Å². The Morgan fingerprint density at radius 2 is 2.16 bits per heavy atom. The molecular formula is C14H20Br2O3. The molecule has 0 aromatic rings. The van der Waals surface area contributed by atoms with Crippen molar-refractivity contribution >= 4 is 43.8 Å². The largest absolute Gasteiger partial charge is 0.393 e. The van der Waals surface area contributed by atoms with Crippen LogP contribution in [0.15, 0.2) is 12.2 Å². The zero-order chi connectivity index (χ0) is 14.5. The fraction of sp³-hybridized carbons (Fsp3) is 0.714. The predicted molar refractivity (Wildman–Crippen MR) is 82.5 cm³/mol. The molecule has 1 fully saturated rings. The van der Waals surface area contributed by atoms with E-state index in [9.17, 15) is 9.59 Å². The number of cyclic esters (lactones) is 2. The van der Waals surface area contributed by atoms with E-state index in [2.05, 4.69) is 62.6 Å². The third-order valence-corrected chi connectivity index (χ3v) is 6.76. The van der Waals surface area contributed by atoms with Gasteiger partial charge in [0.15, 0.2) is 0 Å². The molecule has 0 saturated carbocycles. The van der Waals surface area contributed by atoms with Gasteiger partial charge >= 0.3 is 11.9 Å². The minimum Gasteiger partial charge on any atom is -0.393 e. The first-order valence-electron chi connectivity index (χ1n) is 6.69. The number of halogens is 2. The van der Waals surface area contributed by atoms with Crippen LogP contribution in [0.2, 0.25) is 0 Å². The normalized spacial score (nSPS) is 24.5. The molecule has 1 heterocycles. The highest BCUT2D eigenvalue weighted by atomic mass is 79.9. The summed E-state index contributed by atoms with van der Waals surface area (Å²) in [6.45, 7) is 4.21. The number of alkyl halides is 2. The quantitative estimate of drug-likeness (QED) is 0.214. The smallest absolute Gasteiger partial charge is 0.318 e. The number of ether oxygens (including phenoxy) is 1. The molecule has 0 aromatic heterocycles. The molecule has 0 aliphatic carbocycles. The fourth-order valence-electron chi connectivity index (χ4n) is 2.06. The molecule has 0 N–H and O–H groups in total. The van der Waals surface area contributed by atoms with Gasteiger partial charge in [-0.3, -0.25) is 9.59 Å². The first-order valence-corrected chi connectivity index (χ1v) is 8.40. The summed E-state index contributed by atoms with van der Waals surface area (Å²) in [6, 6.07) is 0. The number of allylic oxidation sites excluding steroid dienone is 2. The Hall–Kier alpha value is -0.160. The summed E-state index contributed by atoms with van der Waals surface area (Å²) < 4.78 is 4.30. The summed E-state index contributed by atoms with van der Waals surface area (Å²) in [7, 11) is 0. The summed E-state index contributed by atoms with van der Waals surface area (Å²) in [4.78, 5) is 22.7. The van der Waals surface area contributed by atoms with Gasteiger partial charge in [0.25, 0.3) is 0 Å². The van der Waals surface area contributed by atoms with Crippen LogP contribution in [0.4, 0.5) is 0 Å². The summed E-state index contributed by atoms with van der Waals surface area (Å²) in [5, 5.41) is 0. The molecule has 0 spiro atoms. The van der Waals surface area contributed by atoms with Crippen LogP contribution in [0.25, 0.3) is 0 Å². The van der Waals surface area contributed by atoms with Gasteiger partial charge in [-0.2, -0.15) is 0 Å². The van der Waals surface area contributed by atoms with Gasteiger partial charge in [-0.1, -0.05) is 70.7 Å². The molecule has 3 atom stereocenters. The molecule has 1 aliphatic heterocycles. The van der Waals surface area contributed by atoms with Crippen molar-refractivity contribution in [3.05, 3.63) is 12.2 Å². The van der Waals surface area contributed by atoms with E-state index in [1.54, 1.807) is 0 Å². The molecule has 3 nitrogen and oxygen atoms in total. The molecule has 1 saturated heterocycles. The lowest BCUT2D eigenvalue weighted by Gasteiger charge is -2.30. The first kappa shape index (κ1) is 16.9. The van der Waals surface area contributed by atoms with Crippen molar-refractivity contribution < 1.29 is 14.3 Å². The van der Waals surface area contributed by atoms with Crippen molar-refractivity contribution in [2.24, 2.45) is 5.92 Å². The van der Waals surface area contributed by atoms with Crippen molar-refractivity contribution in [3.8, 4) is 0 Å². The van der Waals surface area contributed by atoms with Crippen LogP contribution >= 0.6 is 31.9 Å². The lowest BCUT2D eigenvalue weighted by molar-refractivity contribution is -0.153. The average molecular weight is 396 g/mol. The second-order valence-corrected chi connectivity index (χ2v) is 7.29. The standard InChI is InChI=1S/C14H20Br2O3/c1-3-5-6-7-8-14(16,4-2)12(15)10-9-11(17)19-13(10)18/h7-8,10,12H,3-6,9H2,1-2H3. The Kier molecular flexibility index (Phi) is 6.74. The van der Waals surface area contributed by atoms with Crippen LogP contribution in [0, 0.1) is 5.92 Å². The third-order valence-electron chi connectivity index (χ3n) is 3.38. The summed E-state index contributed by atoms with van der Waals surface area (Å²) in [6.07, 6.45) is 8.55. The minimum atomic E-state index is -0.430. The maximum Gasteiger partial charge on any atom is 0.318 e. The van der Waals surface area contributed by atoms with Crippen molar-refractivity contribution in [1.82, 2.24) is 0 Å². The molecule has 19 heavy (non-hydrogen) atoms. The van der Waals surface area contributed by atoms with Crippen LogP contribution in [0.5, 0.6) is 0 Å². The monoisotopic (exact) mass is 394 g/mol. The number of esters is 2. The Bertz CT molecular complexity index is 368. The van der Waals surface area contributed by atoms with Gasteiger partial charge in [0, 0.05) is 4.83 Å². The Labute approximate surface area is 131 Å². The van der Waals surface area contributed by atoms with Crippen LogP contribution in [-0.2, 0) is 14.3 Å². The zero-order valence-electron chi connectivity index (χ0n) is 11.3. The maximum atomic E-state index is 11.6. The molecule has 0 amide bonds. The maximum absolute atomic E-state index is 11.6. The molecule has 5 heteroatoms.